The molecule has 0 aliphatic rings. The predicted molar refractivity (Wildman–Crippen MR) is 70.9 cm³/mol. The summed E-state index contributed by atoms with van der Waals surface area (Å²) in [6, 6.07) is 13.7. The summed E-state index contributed by atoms with van der Waals surface area (Å²) in [6.07, 6.45) is 0. The number of aromatic carboxylic acids is 1. The molecule has 0 bridgehead atoms. The van der Waals surface area contributed by atoms with E-state index in [0.717, 1.165) is 10.8 Å². The van der Waals surface area contributed by atoms with Crippen molar-refractivity contribution in [2.75, 3.05) is 0 Å². The molecule has 2 aromatic rings. The molecule has 0 fully saturated rings. The van der Waals surface area contributed by atoms with Crippen LogP contribution < -0.4 is 0 Å². The molecule has 0 spiro atoms. The minimum Gasteiger partial charge on any atom is -0.562 e. The first-order valence-electron chi connectivity index (χ1n) is 5.38. The molecule has 0 amide bonds. The third-order valence-electron chi connectivity index (χ3n) is 2.23. The summed E-state index contributed by atoms with van der Waals surface area (Å²) in [4.78, 5) is 20.2. The molecule has 0 aliphatic carbocycles. The quantitative estimate of drug-likeness (QED) is 0.507. The third-order valence-corrected chi connectivity index (χ3v) is 2.23. The summed E-state index contributed by atoms with van der Waals surface area (Å²) >= 11 is 0. The maximum atomic E-state index is 10.6. The van der Waals surface area contributed by atoms with Crippen LogP contribution in [0.1, 0.15) is 17.3 Å². The Kier molecular flexibility index (Phi) is 7.29. The molecular formula is C15H12CuO4. The molecular weight excluding hydrogens is 308 g/mol. The minimum absolute atomic E-state index is 0. The molecule has 2 N–H and O–H groups in total. The molecule has 0 atom stereocenters. The second-order valence-electron chi connectivity index (χ2n) is 3.75. The number of carboxylic acid groups (broad SMARTS) is 2. The molecule has 5 heteroatoms. The van der Waals surface area contributed by atoms with E-state index in [2.05, 4.69) is 6.07 Å². The van der Waals surface area contributed by atoms with Crippen LogP contribution in [0.2, 0.25) is 0 Å². The summed E-state index contributed by atoms with van der Waals surface area (Å²) in [5, 5.41) is 18.4. The Morgan fingerprint density at radius 2 is 1.65 bits per heavy atom. The fraction of sp³-hybridized carbons (Fsp3) is 0.0667. The average molecular weight is 320 g/mol. The normalized spacial score (nSPS) is 8.85. The SMILES string of the molecule is O=C(O)c1[c-]c2ccccc2cc1.[CH-]=C(C)C(=O)O.[Cu+2]. The van der Waals surface area contributed by atoms with Gasteiger partial charge in [-0.15, -0.1) is 35.2 Å². The topological polar surface area (TPSA) is 74.6 Å². The van der Waals surface area contributed by atoms with Crippen molar-refractivity contribution in [3.63, 3.8) is 0 Å². The Bertz CT molecular complexity index is 623. The molecule has 0 saturated heterocycles. The summed E-state index contributed by atoms with van der Waals surface area (Å²) in [5.41, 5.74) is 0.133. The van der Waals surface area contributed by atoms with Crippen LogP contribution in [0.25, 0.3) is 10.8 Å². The van der Waals surface area contributed by atoms with Crippen LogP contribution in [-0.2, 0) is 21.9 Å². The zero-order chi connectivity index (χ0) is 14.4. The molecule has 1 radical (unpaired) electrons. The van der Waals surface area contributed by atoms with E-state index in [4.69, 9.17) is 16.8 Å². The first-order chi connectivity index (χ1) is 8.91. The van der Waals surface area contributed by atoms with Gasteiger partial charge >= 0.3 is 17.1 Å². The first-order valence-corrected chi connectivity index (χ1v) is 5.38. The van der Waals surface area contributed by atoms with Gasteiger partial charge in [0.15, 0.2) is 5.97 Å². The largest absolute Gasteiger partial charge is 2.00 e. The molecule has 107 valence electrons. The average Bonchev–Trinajstić information content (AvgIpc) is 2.38. The maximum Gasteiger partial charge on any atom is 2.00 e. The number of rotatable bonds is 2. The molecule has 0 saturated carbocycles. The van der Waals surface area contributed by atoms with Gasteiger partial charge in [-0.1, -0.05) is 30.5 Å². The summed E-state index contributed by atoms with van der Waals surface area (Å²) in [6.45, 7) is 6.09. The molecule has 4 nitrogen and oxygen atoms in total. The van der Waals surface area contributed by atoms with E-state index in [1.54, 1.807) is 12.1 Å². The van der Waals surface area contributed by atoms with Crippen molar-refractivity contribution in [3.05, 3.63) is 60.2 Å². The van der Waals surface area contributed by atoms with Gasteiger partial charge in [0.2, 0.25) is 0 Å². The van der Waals surface area contributed by atoms with Gasteiger partial charge in [0.25, 0.3) is 5.97 Å². The Balaban J connectivity index is 0.000000448. The number of hydrogen-bond acceptors (Lipinski definition) is 2. The van der Waals surface area contributed by atoms with Gasteiger partial charge in [-0.25, -0.2) is 0 Å². The number of fused-ring (bicyclic) bond motifs is 1. The van der Waals surface area contributed by atoms with Crippen LogP contribution in [0.15, 0.2) is 42.0 Å². The van der Waals surface area contributed by atoms with E-state index in [1.165, 1.54) is 6.92 Å². The Hall–Kier alpha value is -2.10. The van der Waals surface area contributed by atoms with Crippen LogP contribution in [0, 0.1) is 12.6 Å². The Labute approximate surface area is 127 Å². The number of hydrogen-bond donors (Lipinski definition) is 2. The Morgan fingerprint density at radius 3 is 2.15 bits per heavy atom. The predicted octanol–water partition coefficient (Wildman–Crippen LogP) is 2.79. The van der Waals surface area contributed by atoms with Crippen LogP contribution in [0.3, 0.4) is 0 Å². The van der Waals surface area contributed by atoms with Crippen LogP contribution in [0.5, 0.6) is 0 Å². The van der Waals surface area contributed by atoms with Crippen LogP contribution >= 0.6 is 0 Å². The molecule has 0 aliphatic heterocycles. The van der Waals surface area contributed by atoms with Crippen LogP contribution in [0.4, 0.5) is 0 Å². The van der Waals surface area contributed by atoms with Gasteiger partial charge in [0.1, 0.15) is 0 Å². The summed E-state index contributed by atoms with van der Waals surface area (Å²) in [5.74, 6) is -1.99. The number of benzene rings is 2. The zero-order valence-electron chi connectivity index (χ0n) is 10.6. The van der Waals surface area contributed by atoms with Gasteiger partial charge in [0.05, 0.1) is 0 Å². The van der Waals surface area contributed by atoms with E-state index in [0.29, 0.717) is 0 Å². The second kappa shape index (κ2) is 8.15. The van der Waals surface area contributed by atoms with Gasteiger partial charge in [0, 0.05) is 0 Å². The number of carboxylic acids is 2. The fourth-order valence-corrected chi connectivity index (χ4v) is 1.24. The van der Waals surface area contributed by atoms with E-state index < -0.39 is 11.9 Å². The van der Waals surface area contributed by atoms with E-state index in [1.807, 2.05) is 24.3 Å². The summed E-state index contributed by atoms with van der Waals surface area (Å²) in [7, 11) is 0. The number of carbonyl (C=O) groups is 2. The van der Waals surface area contributed by atoms with E-state index >= 15 is 0 Å². The molecule has 20 heavy (non-hydrogen) atoms. The zero-order valence-corrected chi connectivity index (χ0v) is 11.5. The monoisotopic (exact) mass is 319 g/mol. The van der Waals surface area contributed by atoms with Crippen LogP contribution in [-0.4, -0.2) is 22.2 Å². The van der Waals surface area contributed by atoms with Crippen molar-refractivity contribution < 1.29 is 36.9 Å². The van der Waals surface area contributed by atoms with E-state index in [-0.39, 0.29) is 28.2 Å². The smallest absolute Gasteiger partial charge is 0.562 e. The maximum absolute atomic E-state index is 10.6. The van der Waals surface area contributed by atoms with E-state index in [9.17, 15) is 9.59 Å². The first kappa shape index (κ1) is 17.9. The third kappa shape index (κ3) is 5.26. The minimum atomic E-state index is -1.05. The van der Waals surface area contributed by atoms with Gasteiger partial charge in [-0.05, 0) is 5.56 Å². The summed E-state index contributed by atoms with van der Waals surface area (Å²) < 4.78 is 0. The molecule has 0 heterocycles. The molecule has 0 unspecified atom stereocenters. The van der Waals surface area contributed by atoms with Crippen molar-refractivity contribution in [1.29, 1.82) is 0 Å². The van der Waals surface area contributed by atoms with Gasteiger partial charge in [-0.3, -0.25) is 11.4 Å². The molecule has 0 aromatic heterocycles. The van der Waals surface area contributed by atoms with Crippen molar-refractivity contribution in [2.24, 2.45) is 0 Å². The Morgan fingerprint density at radius 1 is 1.10 bits per heavy atom. The standard InChI is InChI=1S/C11H7O2.C4H5O2.Cu/c12-11(13)10-6-5-8-3-1-2-4-9(8)7-10;1-3(2)4(5)6;/h1-6H,(H,12,13);1H,2H3,(H,5,6);/q2*-1;+2. The van der Waals surface area contributed by atoms with Crippen molar-refractivity contribution in [1.82, 2.24) is 0 Å². The number of aliphatic carboxylic acids is 1. The fourth-order valence-electron chi connectivity index (χ4n) is 1.24. The van der Waals surface area contributed by atoms with Gasteiger partial charge < -0.3 is 15.0 Å². The van der Waals surface area contributed by atoms with Crippen molar-refractivity contribution in [2.45, 2.75) is 6.92 Å². The van der Waals surface area contributed by atoms with Gasteiger partial charge in [-0.2, -0.15) is 0 Å². The van der Waals surface area contributed by atoms with Crippen molar-refractivity contribution in [3.8, 4) is 0 Å². The molecule has 2 rings (SSSR count). The van der Waals surface area contributed by atoms with Crippen molar-refractivity contribution >= 4 is 22.7 Å². The second-order valence-corrected chi connectivity index (χ2v) is 3.75. The molecule has 2 aromatic carbocycles.